The number of para-hydroxylation sites is 2. The van der Waals surface area contributed by atoms with Crippen molar-refractivity contribution >= 4 is 27.9 Å². The van der Waals surface area contributed by atoms with E-state index in [-0.39, 0.29) is 0 Å². The zero-order valence-electron chi connectivity index (χ0n) is 15.5. The first kappa shape index (κ1) is 17.0. The Morgan fingerprint density at radius 3 is 2.11 bits per heavy atom. The first-order chi connectivity index (χ1) is 13.7. The van der Waals surface area contributed by atoms with Gasteiger partial charge < -0.3 is 4.90 Å². The molecule has 0 radical (unpaired) electrons. The number of hydrogen-bond donors (Lipinski definition) is 0. The number of aryl methyl sites for hydroxylation is 1. The molecule has 0 saturated carbocycles. The maximum atomic E-state index is 13.3. The van der Waals surface area contributed by atoms with Gasteiger partial charge >= 0.3 is 0 Å². The third-order valence-corrected chi connectivity index (χ3v) is 6.56. The molecule has 0 fully saturated rings. The second kappa shape index (κ2) is 6.77. The Labute approximate surface area is 167 Å². The molecule has 1 aliphatic rings. The summed E-state index contributed by atoms with van der Waals surface area (Å²) in [4.78, 5) is 3.96. The molecule has 5 rings (SSSR count). The van der Waals surface area contributed by atoms with Crippen LogP contribution >= 0.6 is 0 Å². The van der Waals surface area contributed by atoms with Gasteiger partial charge in [-0.25, -0.2) is 4.21 Å². The molecule has 4 aromatic carbocycles. The predicted octanol–water partition coefficient (Wildman–Crippen LogP) is 6.61. The summed E-state index contributed by atoms with van der Waals surface area (Å²) in [5.41, 5.74) is 6.46. The monoisotopic (exact) mass is 381 g/mol. The van der Waals surface area contributed by atoms with E-state index in [0.29, 0.717) is 0 Å². The Bertz CT molecular complexity index is 1200. The normalized spacial score (nSPS) is 15.0. The summed E-state index contributed by atoms with van der Waals surface area (Å²) in [6, 6.07) is 33.0. The summed E-state index contributed by atoms with van der Waals surface area (Å²) < 4.78 is 13.3. The highest BCUT2D eigenvalue weighted by atomic mass is 32.2. The SMILES string of the molecule is Cc1ccc2c(c1)S(=O)c1ccccc1N2c1ccccc1-c1ccccc1. The number of anilines is 3. The third kappa shape index (κ3) is 2.67. The number of rotatable bonds is 2. The highest BCUT2D eigenvalue weighted by Crippen LogP contribution is 2.48. The predicted molar refractivity (Wildman–Crippen MR) is 116 cm³/mol. The van der Waals surface area contributed by atoms with Gasteiger partial charge in [-0.05, 0) is 48.4 Å². The fourth-order valence-electron chi connectivity index (χ4n) is 3.79. The van der Waals surface area contributed by atoms with Crippen molar-refractivity contribution in [1.29, 1.82) is 0 Å². The van der Waals surface area contributed by atoms with Gasteiger partial charge in [0, 0.05) is 5.56 Å². The van der Waals surface area contributed by atoms with Gasteiger partial charge in [-0.3, -0.25) is 0 Å². The molecule has 28 heavy (non-hydrogen) atoms. The van der Waals surface area contributed by atoms with Crippen LogP contribution in [0.1, 0.15) is 5.56 Å². The van der Waals surface area contributed by atoms with E-state index in [1.807, 2.05) is 37.3 Å². The molecule has 3 heteroatoms. The minimum Gasteiger partial charge on any atom is -0.307 e. The quantitative estimate of drug-likeness (QED) is 0.343. The van der Waals surface area contributed by atoms with E-state index in [4.69, 9.17) is 0 Å². The van der Waals surface area contributed by atoms with Gasteiger partial charge in [-0.1, -0.05) is 66.7 Å². The highest BCUT2D eigenvalue weighted by Gasteiger charge is 2.30. The standard InChI is InChI=1S/C25H19NOS/c1-18-15-16-23-25(17-18)28(27)24-14-8-7-13-22(24)26(23)21-12-6-5-11-20(21)19-9-3-2-4-10-19/h2-17H,1H3. The van der Waals surface area contributed by atoms with Crippen molar-refractivity contribution in [1.82, 2.24) is 0 Å². The number of nitrogens with zero attached hydrogens (tertiary/aromatic N) is 1. The molecule has 1 atom stereocenters. The lowest BCUT2D eigenvalue weighted by atomic mass is 10.0. The van der Waals surface area contributed by atoms with E-state index >= 15 is 0 Å². The van der Waals surface area contributed by atoms with Gasteiger partial charge in [0.05, 0.1) is 37.7 Å². The van der Waals surface area contributed by atoms with Gasteiger partial charge in [0.25, 0.3) is 0 Å². The average molecular weight is 382 g/mol. The highest BCUT2D eigenvalue weighted by molar-refractivity contribution is 7.85. The van der Waals surface area contributed by atoms with Crippen LogP contribution in [0.25, 0.3) is 11.1 Å². The third-order valence-electron chi connectivity index (χ3n) is 5.09. The van der Waals surface area contributed by atoms with Crippen LogP contribution in [-0.4, -0.2) is 4.21 Å². The fourth-order valence-corrected chi connectivity index (χ4v) is 5.22. The van der Waals surface area contributed by atoms with Crippen molar-refractivity contribution < 1.29 is 4.21 Å². The van der Waals surface area contributed by atoms with Crippen molar-refractivity contribution in [2.24, 2.45) is 0 Å². The molecular formula is C25H19NOS. The summed E-state index contributed by atoms with van der Waals surface area (Å²) in [5.74, 6) is 0. The van der Waals surface area contributed by atoms with Crippen LogP contribution in [0.4, 0.5) is 17.1 Å². The van der Waals surface area contributed by atoms with E-state index in [0.717, 1.165) is 43.5 Å². The number of hydrogen-bond acceptors (Lipinski definition) is 2. The molecule has 0 N–H and O–H groups in total. The van der Waals surface area contributed by atoms with Crippen molar-refractivity contribution in [2.45, 2.75) is 16.7 Å². The first-order valence-corrected chi connectivity index (χ1v) is 10.4. The molecular weight excluding hydrogens is 362 g/mol. The van der Waals surface area contributed by atoms with E-state index in [2.05, 4.69) is 71.6 Å². The lowest BCUT2D eigenvalue weighted by Crippen LogP contribution is -2.20. The second-order valence-corrected chi connectivity index (χ2v) is 8.34. The van der Waals surface area contributed by atoms with Crippen molar-refractivity contribution in [3.05, 3.63) is 103 Å². The molecule has 0 aliphatic carbocycles. The van der Waals surface area contributed by atoms with Crippen LogP contribution in [0.2, 0.25) is 0 Å². The summed E-state index contributed by atoms with van der Waals surface area (Å²) >= 11 is 0. The van der Waals surface area contributed by atoms with E-state index in [9.17, 15) is 4.21 Å². The average Bonchev–Trinajstić information content (AvgIpc) is 2.75. The van der Waals surface area contributed by atoms with Crippen LogP contribution in [-0.2, 0) is 10.8 Å². The van der Waals surface area contributed by atoms with Crippen molar-refractivity contribution in [3.63, 3.8) is 0 Å². The molecule has 136 valence electrons. The zero-order chi connectivity index (χ0) is 19.1. The largest absolute Gasteiger partial charge is 0.307 e. The summed E-state index contributed by atoms with van der Waals surface area (Å²) in [6.45, 7) is 2.04. The molecule has 1 aliphatic heterocycles. The number of fused-ring (bicyclic) bond motifs is 2. The van der Waals surface area contributed by atoms with Crippen molar-refractivity contribution in [3.8, 4) is 11.1 Å². The fraction of sp³-hybridized carbons (Fsp3) is 0.0400. The van der Waals surface area contributed by atoms with E-state index < -0.39 is 10.8 Å². The molecule has 0 amide bonds. The molecule has 0 spiro atoms. The summed E-state index contributed by atoms with van der Waals surface area (Å²) in [7, 11) is -1.19. The van der Waals surface area contributed by atoms with Gasteiger partial charge in [0.2, 0.25) is 0 Å². The van der Waals surface area contributed by atoms with Gasteiger partial charge in [0.1, 0.15) is 0 Å². The van der Waals surface area contributed by atoms with Crippen LogP contribution in [0, 0.1) is 6.92 Å². The van der Waals surface area contributed by atoms with Gasteiger partial charge in [-0.2, -0.15) is 0 Å². The topological polar surface area (TPSA) is 20.3 Å². The van der Waals surface area contributed by atoms with Gasteiger partial charge in [0.15, 0.2) is 0 Å². The van der Waals surface area contributed by atoms with Crippen LogP contribution in [0.15, 0.2) is 107 Å². The summed E-state index contributed by atoms with van der Waals surface area (Å²) in [5, 5.41) is 0. The minimum atomic E-state index is -1.19. The van der Waals surface area contributed by atoms with Crippen LogP contribution < -0.4 is 4.90 Å². The Morgan fingerprint density at radius 1 is 0.643 bits per heavy atom. The molecule has 4 aromatic rings. The minimum absolute atomic E-state index is 0.850. The Morgan fingerprint density at radius 2 is 1.29 bits per heavy atom. The van der Waals surface area contributed by atoms with E-state index in [1.54, 1.807) is 0 Å². The molecule has 1 heterocycles. The second-order valence-electron chi connectivity index (χ2n) is 6.93. The van der Waals surface area contributed by atoms with Crippen LogP contribution in [0.5, 0.6) is 0 Å². The lowest BCUT2D eigenvalue weighted by molar-refractivity contribution is 0.682. The number of benzene rings is 4. The zero-order valence-corrected chi connectivity index (χ0v) is 16.3. The Hall–Kier alpha value is -3.17. The molecule has 0 saturated heterocycles. The lowest BCUT2D eigenvalue weighted by Gasteiger charge is -2.34. The Kier molecular flexibility index (Phi) is 4.10. The van der Waals surface area contributed by atoms with Crippen molar-refractivity contribution in [2.75, 3.05) is 4.90 Å². The van der Waals surface area contributed by atoms with Gasteiger partial charge in [-0.15, -0.1) is 0 Å². The maximum Gasteiger partial charge on any atom is 0.0892 e. The van der Waals surface area contributed by atoms with Crippen LogP contribution in [0.3, 0.4) is 0 Å². The molecule has 0 aromatic heterocycles. The van der Waals surface area contributed by atoms with E-state index in [1.165, 1.54) is 0 Å². The first-order valence-electron chi connectivity index (χ1n) is 9.30. The molecule has 1 unspecified atom stereocenters. The molecule has 2 nitrogen and oxygen atoms in total. The maximum absolute atomic E-state index is 13.3. The summed E-state index contributed by atoms with van der Waals surface area (Å²) in [6.07, 6.45) is 0. The Balaban J connectivity index is 1.81. The molecule has 0 bridgehead atoms. The smallest absolute Gasteiger partial charge is 0.0892 e.